The first-order chi connectivity index (χ1) is 4.14. The van der Waals surface area contributed by atoms with Gasteiger partial charge in [0.15, 0.2) is 0 Å². The molecule has 54 valence electrons. The van der Waals surface area contributed by atoms with Gasteiger partial charge < -0.3 is 4.90 Å². The van der Waals surface area contributed by atoms with Crippen LogP contribution < -0.4 is 0 Å². The van der Waals surface area contributed by atoms with Crippen LogP contribution in [0.2, 0.25) is 0 Å². The predicted octanol–water partition coefficient (Wildman–Crippen LogP) is 1.74. The van der Waals surface area contributed by atoms with Gasteiger partial charge in [0.2, 0.25) is 0 Å². The maximum atomic E-state index is 2.49. The standard InChI is InChI=1S/C8H17N/c1-4-8(2,3)7-9-5-6-9/h4-7H2,1-3H3. The van der Waals surface area contributed by atoms with E-state index in [1.165, 1.54) is 26.1 Å². The van der Waals surface area contributed by atoms with Crippen molar-refractivity contribution in [3.8, 4) is 0 Å². The molecule has 0 unspecified atom stereocenters. The third-order valence-electron chi connectivity index (χ3n) is 2.15. The van der Waals surface area contributed by atoms with Crippen molar-refractivity contribution < 1.29 is 0 Å². The second-order valence-electron chi connectivity index (χ2n) is 3.79. The zero-order chi connectivity index (χ0) is 6.91. The van der Waals surface area contributed by atoms with Gasteiger partial charge in [0.25, 0.3) is 0 Å². The third kappa shape index (κ3) is 2.35. The molecule has 9 heavy (non-hydrogen) atoms. The Labute approximate surface area is 58.0 Å². The van der Waals surface area contributed by atoms with E-state index in [4.69, 9.17) is 0 Å². The molecule has 0 radical (unpaired) electrons. The molecular weight excluding hydrogens is 110 g/mol. The van der Waals surface area contributed by atoms with Crippen molar-refractivity contribution in [1.82, 2.24) is 4.90 Å². The highest BCUT2D eigenvalue weighted by Crippen LogP contribution is 2.23. The molecule has 1 heteroatoms. The van der Waals surface area contributed by atoms with Crippen molar-refractivity contribution in [3.63, 3.8) is 0 Å². The average molecular weight is 127 g/mol. The van der Waals surface area contributed by atoms with Crippen molar-refractivity contribution in [2.75, 3.05) is 19.6 Å². The summed E-state index contributed by atoms with van der Waals surface area (Å²) in [7, 11) is 0. The summed E-state index contributed by atoms with van der Waals surface area (Å²) in [6.45, 7) is 10.9. The van der Waals surface area contributed by atoms with E-state index < -0.39 is 0 Å². The van der Waals surface area contributed by atoms with Gasteiger partial charge in [-0.05, 0) is 11.8 Å². The minimum Gasteiger partial charge on any atom is -0.300 e. The molecule has 0 aromatic carbocycles. The molecule has 1 nitrogen and oxygen atoms in total. The molecule has 1 heterocycles. The average Bonchev–Trinajstić information content (AvgIpc) is 2.50. The Balaban J connectivity index is 2.21. The molecule has 0 aromatic heterocycles. The molecule has 0 N–H and O–H groups in total. The zero-order valence-electron chi connectivity index (χ0n) is 6.78. The summed E-state index contributed by atoms with van der Waals surface area (Å²) in [6.07, 6.45) is 1.30. The summed E-state index contributed by atoms with van der Waals surface area (Å²) in [5, 5.41) is 0. The lowest BCUT2D eigenvalue weighted by Crippen LogP contribution is -2.21. The van der Waals surface area contributed by atoms with E-state index in [1.54, 1.807) is 0 Å². The Kier molecular flexibility index (Phi) is 1.80. The fourth-order valence-electron chi connectivity index (χ4n) is 0.946. The lowest BCUT2D eigenvalue weighted by Gasteiger charge is -2.22. The van der Waals surface area contributed by atoms with Crippen LogP contribution in [0.4, 0.5) is 0 Å². The fourth-order valence-corrected chi connectivity index (χ4v) is 0.946. The topological polar surface area (TPSA) is 3.01 Å². The van der Waals surface area contributed by atoms with Crippen LogP contribution in [-0.4, -0.2) is 24.5 Å². The van der Waals surface area contributed by atoms with Crippen LogP contribution in [0.3, 0.4) is 0 Å². The van der Waals surface area contributed by atoms with Crippen molar-refractivity contribution in [3.05, 3.63) is 0 Å². The van der Waals surface area contributed by atoms with Crippen LogP contribution >= 0.6 is 0 Å². The predicted molar refractivity (Wildman–Crippen MR) is 40.5 cm³/mol. The highest BCUT2D eigenvalue weighted by Gasteiger charge is 2.25. The summed E-state index contributed by atoms with van der Waals surface area (Å²) in [6, 6.07) is 0. The molecule has 0 spiro atoms. The Morgan fingerprint density at radius 3 is 2.22 bits per heavy atom. The van der Waals surface area contributed by atoms with Crippen LogP contribution in [-0.2, 0) is 0 Å². The van der Waals surface area contributed by atoms with E-state index in [0.717, 1.165) is 0 Å². The lowest BCUT2D eigenvalue weighted by atomic mass is 9.90. The van der Waals surface area contributed by atoms with Crippen LogP contribution in [0.15, 0.2) is 0 Å². The molecule has 1 aliphatic heterocycles. The molecule has 0 bridgehead atoms. The van der Waals surface area contributed by atoms with Gasteiger partial charge in [0.05, 0.1) is 0 Å². The fraction of sp³-hybridized carbons (Fsp3) is 1.00. The van der Waals surface area contributed by atoms with E-state index in [1.807, 2.05) is 0 Å². The molecule has 0 aliphatic carbocycles. The largest absolute Gasteiger partial charge is 0.300 e. The summed E-state index contributed by atoms with van der Waals surface area (Å²) >= 11 is 0. The first-order valence-electron chi connectivity index (χ1n) is 3.86. The molecule has 0 atom stereocenters. The maximum absolute atomic E-state index is 2.49. The third-order valence-corrected chi connectivity index (χ3v) is 2.15. The normalized spacial score (nSPS) is 20.3. The highest BCUT2D eigenvalue weighted by molar-refractivity contribution is 4.80. The van der Waals surface area contributed by atoms with E-state index >= 15 is 0 Å². The second-order valence-corrected chi connectivity index (χ2v) is 3.79. The quantitative estimate of drug-likeness (QED) is 0.522. The minimum atomic E-state index is 0.552. The molecule has 1 fully saturated rings. The molecule has 1 saturated heterocycles. The lowest BCUT2D eigenvalue weighted by molar-refractivity contribution is 0.282. The monoisotopic (exact) mass is 127 g/mol. The molecule has 1 rings (SSSR count). The SMILES string of the molecule is CCC(C)(C)CN1CC1. The van der Waals surface area contributed by atoms with Crippen LogP contribution in [0.25, 0.3) is 0 Å². The number of rotatable bonds is 3. The Morgan fingerprint density at radius 1 is 1.33 bits per heavy atom. The first kappa shape index (κ1) is 7.07. The van der Waals surface area contributed by atoms with E-state index in [2.05, 4.69) is 25.7 Å². The highest BCUT2D eigenvalue weighted by atomic mass is 15.3. The smallest absolute Gasteiger partial charge is 0.0110 e. The van der Waals surface area contributed by atoms with Gasteiger partial charge in [-0.1, -0.05) is 20.8 Å². The van der Waals surface area contributed by atoms with Crippen molar-refractivity contribution >= 4 is 0 Å². The van der Waals surface area contributed by atoms with Crippen LogP contribution in [0.5, 0.6) is 0 Å². The Hall–Kier alpha value is -0.0400. The van der Waals surface area contributed by atoms with Gasteiger partial charge in [0, 0.05) is 19.6 Å². The molecular formula is C8H17N. The van der Waals surface area contributed by atoms with Crippen molar-refractivity contribution in [2.24, 2.45) is 5.41 Å². The summed E-state index contributed by atoms with van der Waals surface area (Å²) in [4.78, 5) is 2.49. The van der Waals surface area contributed by atoms with E-state index in [-0.39, 0.29) is 0 Å². The molecule has 0 saturated carbocycles. The van der Waals surface area contributed by atoms with E-state index in [0.29, 0.717) is 5.41 Å². The maximum Gasteiger partial charge on any atom is 0.0110 e. The van der Waals surface area contributed by atoms with Gasteiger partial charge in [0.1, 0.15) is 0 Å². The van der Waals surface area contributed by atoms with E-state index in [9.17, 15) is 0 Å². The summed E-state index contributed by atoms with van der Waals surface area (Å²) in [5.74, 6) is 0. The number of hydrogen-bond acceptors (Lipinski definition) is 1. The zero-order valence-corrected chi connectivity index (χ0v) is 6.78. The van der Waals surface area contributed by atoms with Crippen molar-refractivity contribution in [2.45, 2.75) is 27.2 Å². The second kappa shape index (κ2) is 2.30. The Morgan fingerprint density at radius 2 is 1.89 bits per heavy atom. The minimum absolute atomic E-state index is 0.552. The first-order valence-corrected chi connectivity index (χ1v) is 3.86. The molecule has 0 aromatic rings. The van der Waals surface area contributed by atoms with Crippen LogP contribution in [0, 0.1) is 5.41 Å². The Bertz CT molecular complexity index is 92.7. The van der Waals surface area contributed by atoms with Crippen LogP contribution in [0.1, 0.15) is 27.2 Å². The van der Waals surface area contributed by atoms with Crippen molar-refractivity contribution in [1.29, 1.82) is 0 Å². The molecule has 0 amide bonds. The summed E-state index contributed by atoms with van der Waals surface area (Å²) < 4.78 is 0. The van der Waals surface area contributed by atoms with Gasteiger partial charge in [-0.15, -0.1) is 0 Å². The van der Waals surface area contributed by atoms with Gasteiger partial charge in [-0.3, -0.25) is 0 Å². The number of hydrogen-bond donors (Lipinski definition) is 0. The number of nitrogens with zero attached hydrogens (tertiary/aromatic N) is 1. The summed E-state index contributed by atoms with van der Waals surface area (Å²) in [5.41, 5.74) is 0.552. The van der Waals surface area contributed by atoms with Gasteiger partial charge >= 0.3 is 0 Å². The molecule has 1 aliphatic rings. The van der Waals surface area contributed by atoms with Gasteiger partial charge in [-0.25, -0.2) is 0 Å². The van der Waals surface area contributed by atoms with Gasteiger partial charge in [-0.2, -0.15) is 0 Å².